The number of carbonyl (C=O) groups is 2. The van der Waals surface area contributed by atoms with Crippen molar-refractivity contribution in [1.29, 1.82) is 0 Å². The van der Waals surface area contributed by atoms with Crippen LogP contribution >= 0.6 is 12.4 Å². The molecule has 2 bridgehead atoms. The summed E-state index contributed by atoms with van der Waals surface area (Å²) >= 11 is 0. The summed E-state index contributed by atoms with van der Waals surface area (Å²) < 4.78 is 0. The molecule has 5 nitrogen and oxygen atoms in total. The Morgan fingerprint density at radius 2 is 1.76 bits per heavy atom. The molecule has 2 saturated carbocycles. The monoisotopic (exact) mass is 419 g/mol. The fourth-order valence-electron chi connectivity index (χ4n) is 5.73. The van der Waals surface area contributed by atoms with Crippen molar-refractivity contribution in [2.75, 3.05) is 13.1 Å². The molecule has 29 heavy (non-hydrogen) atoms. The number of hydrogen-bond acceptors (Lipinski definition) is 3. The molecule has 160 valence electrons. The summed E-state index contributed by atoms with van der Waals surface area (Å²) in [5, 5.41) is 3.25. The summed E-state index contributed by atoms with van der Waals surface area (Å²) in [7, 11) is 0. The Morgan fingerprint density at radius 3 is 2.34 bits per heavy atom. The number of carbonyl (C=O) groups excluding carboxylic acids is 2. The van der Waals surface area contributed by atoms with Gasteiger partial charge in [-0.15, -0.1) is 12.4 Å². The zero-order valence-corrected chi connectivity index (χ0v) is 18.1. The largest absolute Gasteiger partial charge is 0.353 e. The number of halogens is 1. The number of nitrogens with two attached hydrogens (primary N) is 1. The molecule has 1 aromatic carbocycles. The van der Waals surface area contributed by atoms with Crippen molar-refractivity contribution in [3.63, 3.8) is 0 Å². The first-order valence-corrected chi connectivity index (χ1v) is 11.0. The average molecular weight is 420 g/mol. The van der Waals surface area contributed by atoms with E-state index in [1.54, 1.807) is 0 Å². The zero-order chi connectivity index (χ0) is 19.7. The number of rotatable bonds is 5. The summed E-state index contributed by atoms with van der Waals surface area (Å²) in [6.07, 6.45) is 5.95. The fraction of sp³-hybridized carbons (Fsp3) is 0.652. The van der Waals surface area contributed by atoms with Crippen LogP contribution in [0.15, 0.2) is 30.3 Å². The molecule has 0 radical (unpaired) electrons. The number of benzene rings is 1. The number of fused-ring (bicyclic) bond motifs is 2. The van der Waals surface area contributed by atoms with E-state index in [1.165, 1.54) is 6.42 Å². The lowest BCUT2D eigenvalue weighted by Gasteiger charge is -2.36. The molecule has 1 saturated heterocycles. The van der Waals surface area contributed by atoms with Crippen LogP contribution in [0.25, 0.3) is 0 Å². The molecule has 1 aromatic rings. The van der Waals surface area contributed by atoms with Crippen molar-refractivity contribution in [2.24, 2.45) is 23.5 Å². The summed E-state index contributed by atoms with van der Waals surface area (Å²) in [6, 6.07) is 10.3. The Balaban J connectivity index is 0.00000240. The summed E-state index contributed by atoms with van der Waals surface area (Å²) in [5.74, 6) is 1.33. The van der Waals surface area contributed by atoms with Gasteiger partial charge in [0.25, 0.3) is 0 Å². The van der Waals surface area contributed by atoms with Crippen molar-refractivity contribution >= 4 is 24.2 Å². The third-order valence-electron chi connectivity index (χ3n) is 7.34. The minimum Gasteiger partial charge on any atom is -0.353 e. The van der Waals surface area contributed by atoms with Crippen molar-refractivity contribution in [3.8, 4) is 0 Å². The molecule has 0 aromatic heterocycles. The van der Waals surface area contributed by atoms with E-state index in [0.717, 1.165) is 50.8 Å². The lowest BCUT2D eigenvalue weighted by molar-refractivity contribution is -0.134. The standard InChI is InChI=1S/C23H33N3O2.ClH/c1-2-19(15-6-4-3-5-7-15)23(28)26-12-10-18(11-13-26)25-22(27)20-16-8-9-17(14-16)21(20)24;/h3-7,16-21H,2,8-14,24H2,1H3,(H,25,27);1H. The first kappa shape index (κ1) is 22.1. The number of piperidine rings is 1. The van der Waals surface area contributed by atoms with Crippen LogP contribution in [0.2, 0.25) is 0 Å². The van der Waals surface area contributed by atoms with Crippen molar-refractivity contribution in [1.82, 2.24) is 10.2 Å². The van der Waals surface area contributed by atoms with Gasteiger partial charge in [0.15, 0.2) is 0 Å². The maximum absolute atomic E-state index is 13.0. The summed E-state index contributed by atoms with van der Waals surface area (Å²) in [4.78, 5) is 27.8. The van der Waals surface area contributed by atoms with E-state index >= 15 is 0 Å². The van der Waals surface area contributed by atoms with Gasteiger partial charge in [0.1, 0.15) is 0 Å². The average Bonchev–Trinajstić information content (AvgIpc) is 3.31. The summed E-state index contributed by atoms with van der Waals surface area (Å²) in [5.41, 5.74) is 7.42. The Kier molecular flexibility index (Phi) is 7.23. The maximum Gasteiger partial charge on any atom is 0.230 e. The number of nitrogens with one attached hydrogen (secondary N) is 1. The molecule has 4 rings (SSSR count). The smallest absolute Gasteiger partial charge is 0.230 e. The molecule has 1 aliphatic heterocycles. The van der Waals surface area contributed by atoms with E-state index in [2.05, 4.69) is 12.2 Å². The Hall–Kier alpha value is -1.59. The molecule has 5 unspecified atom stereocenters. The van der Waals surface area contributed by atoms with E-state index in [4.69, 9.17) is 5.73 Å². The van der Waals surface area contributed by atoms with Gasteiger partial charge in [-0.25, -0.2) is 0 Å². The molecule has 1 heterocycles. The molecule has 3 N–H and O–H groups in total. The van der Waals surface area contributed by atoms with Gasteiger partial charge in [0.2, 0.25) is 11.8 Å². The topological polar surface area (TPSA) is 75.4 Å². The molecular weight excluding hydrogens is 386 g/mol. The van der Waals surface area contributed by atoms with Gasteiger partial charge in [-0.3, -0.25) is 9.59 Å². The molecule has 5 atom stereocenters. The van der Waals surface area contributed by atoms with Gasteiger partial charge in [-0.2, -0.15) is 0 Å². The number of nitrogens with zero attached hydrogens (tertiary/aromatic N) is 1. The quantitative estimate of drug-likeness (QED) is 0.770. The zero-order valence-electron chi connectivity index (χ0n) is 17.3. The number of amides is 2. The van der Waals surface area contributed by atoms with E-state index < -0.39 is 0 Å². The van der Waals surface area contributed by atoms with Gasteiger partial charge in [0, 0.05) is 25.2 Å². The van der Waals surface area contributed by atoms with Crippen LogP contribution in [0.1, 0.15) is 56.9 Å². The van der Waals surface area contributed by atoms with Crippen LogP contribution in [0.4, 0.5) is 0 Å². The number of likely N-dealkylation sites (tertiary alicyclic amines) is 1. The molecule has 2 amide bonds. The normalized spacial score (nSPS) is 29.9. The first-order valence-electron chi connectivity index (χ1n) is 11.0. The van der Waals surface area contributed by atoms with E-state index in [1.807, 2.05) is 35.2 Å². The minimum atomic E-state index is -0.0700. The highest BCUT2D eigenvalue weighted by molar-refractivity contribution is 5.85. The molecular formula is C23H34ClN3O2. The van der Waals surface area contributed by atoms with Crippen molar-refractivity contribution in [3.05, 3.63) is 35.9 Å². The van der Waals surface area contributed by atoms with Crippen LogP contribution in [-0.2, 0) is 9.59 Å². The van der Waals surface area contributed by atoms with Crippen LogP contribution in [0.5, 0.6) is 0 Å². The molecule has 3 aliphatic rings. The van der Waals surface area contributed by atoms with Gasteiger partial charge in [-0.1, -0.05) is 37.3 Å². The van der Waals surface area contributed by atoms with Crippen molar-refractivity contribution in [2.45, 2.75) is 63.5 Å². The molecule has 0 spiro atoms. The lowest BCUT2D eigenvalue weighted by Crippen LogP contribution is -2.52. The van der Waals surface area contributed by atoms with Gasteiger partial charge < -0.3 is 16.0 Å². The number of hydrogen-bond donors (Lipinski definition) is 2. The highest BCUT2D eigenvalue weighted by Crippen LogP contribution is 2.47. The van der Waals surface area contributed by atoms with E-state index in [0.29, 0.717) is 11.8 Å². The van der Waals surface area contributed by atoms with Crippen LogP contribution in [0, 0.1) is 17.8 Å². The van der Waals surface area contributed by atoms with Crippen LogP contribution in [0.3, 0.4) is 0 Å². The van der Waals surface area contributed by atoms with E-state index in [-0.39, 0.29) is 48.1 Å². The molecule has 3 fully saturated rings. The minimum absolute atomic E-state index is 0. The Labute approximate surface area is 180 Å². The highest BCUT2D eigenvalue weighted by Gasteiger charge is 2.49. The molecule has 2 aliphatic carbocycles. The molecule has 6 heteroatoms. The second-order valence-electron chi connectivity index (χ2n) is 8.92. The highest BCUT2D eigenvalue weighted by atomic mass is 35.5. The van der Waals surface area contributed by atoms with Crippen molar-refractivity contribution < 1.29 is 9.59 Å². The fourth-order valence-corrected chi connectivity index (χ4v) is 5.73. The third-order valence-corrected chi connectivity index (χ3v) is 7.34. The lowest BCUT2D eigenvalue weighted by atomic mass is 9.84. The first-order chi connectivity index (χ1) is 13.6. The van der Waals surface area contributed by atoms with Crippen LogP contribution < -0.4 is 11.1 Å². The van der Waals surface area contributed by atoms with Gasteiger partial charge >= 0.3 is 0 Å². The predicted molar refractivity (Wildman–Crippen MR) is 117 cm³/mol. The van der Waals surface area contributed by atoms with Crippen LogP contribution in [-0.4, -0.2) is 41.9 Å². The predicted octanol–water partition coefficient (Wildman–Crippen LogP) is 3.08. The maximum atomic E-state index is 13.0. The Bertz CT molecular complexity index is 703. The second-order valence-corrected chi connectivity index (χ2v) is 8.92. The van der Waals surface area contributed by atoms with E-state index in [9.17, 15) is 9.59 Å². The second kappa shape index (κ2) is 9.48. The summed E-state index contributed by atoms with van der Waals surface area (Å²) in [6.45, 7) is 3.51. The Morgan fingerprint density at radius 1 is 1.10 bits per heavy atom. The third kappa shape index (κ3) is 4.46. The van der Waals surface area contributed by atoms with Gasteiger partial charge in [0.05, 0.1) is 11.8 Å². The van der Waals surface area contributed by atoms with Gasteiger partial charge in [-0.05, 0) is 55.9 Å². The SMILES string of the molecule is CCC(C(=O)N1CCC(NC(=O)C2C3CCC(C3)C2N)CC1)c1ccccc1.Cl.